The lowest BCUT2D eigenvalue weighted by Gasteiger charge is -2.33. The lowest BCUT2D eigenvalue weighted by Crippen LogP contribution is -2.49. The lowest BCUT2D eigenvalue weighted by molar-refractivity contribution is -0.123. The summed E-state index contributed by atoms with van der Waals surface area (Å²) in [6, 6.07) is 0.249. The number of aryl methyl sites for hydroxylation is 1. The first-order valence-corrected chi connectivity index (χ1v) is 8.16. The van der Waals surface area contributed by atoms with E-state index in [0.29, 0.717) is 24.9 Å². The van der Waals surface area contributed by atoms with Crippen LogP contribution in [-0.4, -0.2) is 64.7 Å². The highest BCUT2D eigenvalue weighted by molar-refractivity contribution is 5.78. The van der Waals surface area contributed by atoms with Gasteiger partial charge in [-0.05, 0) is 13.3 Å². The van der Waals surface area contributed by atoms with Gasteiger partial charge in [-0.2, -0.15) is 0 Å². The third-order valence-corrected chi connectivity index (χ3v) is 4.02. The number of nitrogens with one attached hydrogen (secondary N) is 1. The van der Waals surface area contributed by atoms with Gasteiger partial charge in [0.05, 0.1) is 13.1 Å². The number of aromatic nitrogens is 2. The minimum Gasteiger partial charge on any atom is -0.424 e. The SMILES string of the molecule is CCc1nnc(CN2CCN(CC(=O)NC(C)CC)CC2)o1. The van der Waals surface area contributed by atoms with Crippen molar-refractivity contribution in [3.8, 4) is 0 Å². The Hall–Kier alpha value is -1.47. The summed E-state index contributed by atoms with van der Waals surface area (Å²) in [5, 5.41) is 11.0. The Bertz CT molecular complexity index is 468. The van der Waals surface area contributed by atoms with Gasteiger partial charge in [0.15, 0.2) is 0 Å². The van der Waals surface area contributed by atoms with E-state index in [1.54, 1.807) is 0 Å². The quantitative estimate of drug-likeness (QED) is 0.798. The van der Waals surface area contributed by atoms with Crippen LogP contribution in [0.1, 0.15) is 39.0 Å². The summed E-state index contributed by atoms with van der Waals surface area (Å²) < 4.78 is 5.54. The topological polar surface area (TPSA) is 74.5 Å². The molecule has 2 heterocycles. The van der Waals surface area contributed by atoms with Gasteiger partial charge in [-0.15, -0.1) is 10.2 Å². The molecule has 124 valence electrons. The zero-order chi connectivity index (χ0) is 15.9. The van der Waals surface area contributed by atoms with E-state index in [1.807, 2.05) is 13.8 Å². The molecule has 1 aromatic heterocycles. The van der Waals surface area contributed by atoms with Crippen LogP contribution in [0.3, 0.4) is 0 Å². The molecule has 0 spiro atoms. The van der Waals surface area contributed by atoms with Crippen LogP contribution in [-0.2, 0) is 17.8 Å². The van der Waals surface area contributed by atoms with Crippen molar-refractivity contribution in [1.82, 2.24) is 25.3 Å². The zero-order valence-corrected chi connectivity index (χ0v) is 13.8. The third-order valence-electron chi connectivity index (χ3n) is 4.02. The van der Waals surface area contributed by atoms with Crippen molar-refractivity contribution in [2.45, 2.75) is 46.2 Å². The normalized spacial score (nSPS) is 18.3. The smallest absolute Gasteiger partial charge is 0.234 e. The van der Waals surface area contributed by atoms with Crippen molar-refractivity contribution in [2.24, 2.45) is 0 Å². The highest BCUT2D eigenvalue weighted by atomic mass is 16.4. The molecular formula is C15H27N5O2. The predicted molar refractivity (Wildman–Crippen MR) is 83.3 cm³/mol. The van der Waals surface area contributed by atoms with Crippen LogP contribution in [0.2, 0.25) is 0 Å². The van der Waals surface area contributed by atoms with Crippen molar-refractivity contribution in [3.05, 3.63) is 11.8 Å². The summed E-state index contributed by atoms with van der Waals surface area (Å²) in [7, 11) is 0. The van der Waals surface area contributed by atoms with Gasteiger partial charge < -0.3 is 9.73 Å². The Balaban J connectivity index is 1.70. The molecule has 7 nitrogen and oxygen atoms in total. The maximum Gasteiger partial charge on any atom is 0.234 e. The minimum atomic E-state index is 0.118. The lowest BCUT2D eigenvalue weighted by atomic mass is 10.2. The van der Waals surface area contributed by atoms with E-state index in [4.69, 9.17) is 4.42 Å². The summed E-state index contributed by atoms with van der Waals surface area (Å²) in [5.74, 6) is 1.49. The van der Waals surface area contributed by atoms with Crippen molar-refractivity contribution >= 4 is 5.91 Å². The Kier molecular flexibility index (Phi) is 6.33. The second-order valence-electron chi connectivity index (χ2n) is 5.87. The molecule has 1 fully saturated rings. The second kappa shape index (κ2) is 8.24. The number of hydrogen-bond acceptors (Lipinski definition) is 6. The van der Waals surface area contributed by atoms with Crippen LogP contribution >= 0.6 is 0 Å². The fourth-order valence-electron chi connectivity index (χ4n) is 2.42. The van der Waals surface area contributed by atoms with E-state index in [0.717, 1.165) is 39.0 Å². The van der Waals surface area contributed by atoms with E-state index < -0.39 is 0 Å². The molecule has 2 rings (SSSR count). The molecule has 1 saturated heterocycles. The first-order chi connectivity index (χ1) is 10.6. The van der Waals surface area contributed by atoms with Gasteiger partial charge in [-0.3, -0.25) is 14.6 Å². The standard InChI is InChI=1S/C15H27N5O2/c1-4-12(3)16-13(21)10-19-6-8-20(9-7-19)11-15-18-17-14(5-2)22-15/h12H,4-11H2,1-3H3,(H,16,21). The average Bonchev–Trinajstić information content (AvgIpc) is 2.96. The monoisotopic (exact) mass is 309 g/mol. The molecule has 1 amide bonds. The van der Waals surface area contributed by atoms with E-state index in [1.165, 1.54) is 0 Å². The van der Waals surface area contributed by atoms with E-state index in [2.05, 4.69) is 32.2 Å². The Morgan fingerprint density at radius 2 is 1.82 bits per heavy atom. The molecule has 0 aliphatic carbocycles. The Morgan fingerprint density at radius 1 is 1.18 bits per heavy atom. The molecule has 0 radical (unpaired) electrons. The van der Waals surface area contributed by atoms with Crippen LogP contribution in [0.15, 0.2) is 4.42 Å². The van der Waals surface area contributed by atoms with Gasteiger partial charge in [0.1, 0.15) is 0 Å². The number of carbonyl (C=O) groups excluding carboxylic acids is 1. The molecule has 1 aromatic rings. The van der Waals surface area contributed by atoms with Crippen molar-refractivity contribution in [3.63, 3.8) is 0 Å². The van der Waals surface area contributed by atoms with Gasteiger partial charge in [0, 0.05) is 38.6 Å². The van der Waals surface area contributed by atoms with Gasteiger partial charge in [-0.1, -0.05) is 13.8 Å². The summed E-state index contributed by atoms with van der Waals surface area (Å²) >= 11 is 0. The molecule has 1 N–H and O–H groups in total. The van der Waals surface area contributed by atoms with Crippen LogP contribution < -0.4 is 5.32 Å². The summed E-state index contributed by atoms with van der Waals surface area (Å²) in [5.41, 5.74) is 0. The highest BCUT2D eigenvalue weighted by Crippen LogP contribution is 2.08. The zero-order valence-electron chi connectivity index (χ0n) is 13.8. The molecule has 7 heteroatoms. The number of carbonyl (C=O) groups is 1. The fourth-order valence-corrected chi connectivity index (χ4v) is 2.42. The predicted octanol–water partition coefficient (Wildman–Crippen LogP) is 0.664. The first-order valence-electron chi connectivity index (χ1n) is 8.16. The number of rotatable bonds is 7. The summed E-state index contributed by atoms with van der Waals surface area (Å²) in [6.45, 7) is 10.9. The van der Waals surface area contributed by atoms with E-state index in [-0.39, 0.29) is 11.9 Å². The molecule has 1 aliphatic heterocycles. The molecule has 1 atom stereocenters. The number of amides is 1. The molecule has 0 saturated carbocycles. The van der Waals surface area contributed by atoms with Gasteiger partial charge in [0.25, 0.3) is 0 Å². The maximum atomic E-state index is 11.9. The van der Waals surface area contributed by atoms with Crippen LogP contribution in [0.4, 0.5) is 0 Å². The number of piperazine rings is 1. The molecule has 1 aliphatic rings. The van der Waals surface area contributed by atoms with E-state index >= 15 is 0 Å². The van der Waals surface area contributed by atoms with Crippen LogP contribution in [0.5, 0.6) is 0 Å². The maximum absolute atomic E-state index is 11.9. The second-order valence-corrected chi connectivity index (χ2v) is 5.87. The number of nitrogens with zero attached hydrogens (tertiary/aromatic N) is 4. The largest absolute Gasteiger partial charge is 0.424 e. The third kappa shape index (κ3) is 5.06. The minimum absolute atomic E-state index is 0.118. The molecule has 0 bridgehead atoms. The molecule has 1 unspecified atom stereocenters. The van der Waals surface area contributed by atoms with Crippen LogP contribution in [0.25, 0.3) is 0 Å². The van der Waals surface area contributed by atoms with Gasteiger partial charge in [-0.25, -0.2) is 0 Å². The Labute approximate surface area is 132 Å². The summed E-state index contributed by atoms with van der Waals surface area (Å²) in [4.78, 5) is 16.4. The average molecular weight is 309 g/mol. The van der Waals surface area contributed by atoms with Gasteiger partial charge >= 0.3 is 0 Å². The highest BCUT2D eigenvalue weighted by Gasteiger charge is 2.20. The molecular weight excluding hydrogens is 282 g/mol. The van der Waals surface area contributed by atoms with Gasteiger partial charge in [0.2, 0.25) is 17.7 Å². The van der Waals surface area contributed by atoms with Crippen molar-refractivity contribution in [2.75, 3.05) is 32.7 Å². The number of hydrogen-bond donors (Lipinski definition) is 1. The van der Waals surface area contributed by atoms with Crippen molar-refractivity contribution < 1.29 is 9.21 Å². The molecule has 22 heavy (non-hydrogen) atoms. The van der Waals surface area contributed by atoms with Crippen molar-refractivity contribution in [1.29, 1.82) is 0 Å². The Morgan fingerprint density at radius 3 is 2.41 bits per heavy atom. The van der Waals surface area contributed by atoms with E-state index in [9.17, 15) is 4.79 Å². The van der Waals surface area contributed by atoms with Crippen LogP contribution in [0, 0.1) is 0 Å². The molecule has 0 aromatic carbocycles. The first kappa shape index (κ1) is 16.9. The summed E-state index contributed by atoms with van der Waals surface area (Å²) in [6.07, 6.45) is 1.73. The fraction of sp³-hybridized carbons (Fsp3) is 0.800.